The first-order chi connectivity index (χ1) is 11.7. The summed E-state index contributed by atoms with van der Waals surface area (Å²) in [5.74, 6) is 0. The fourth-order valence-corrected chi connectivity index (χ4v) is 8.59. The van der Waals surface area contributed by atoms with E-state index in [1.165, 1.54) is 35.7 Å². The fraction of sp³-hybridized carbons (Fsp3) is 0.762. The maximum absolute atomic E-state index is 4.28. The van der Waals surface area contributed by atoms with Gasteiger partial charge in [-0.2, -0.15) is 0 Å². The molecule has 4 heteroatoms. The number of hydrogen-bond acceptors (Lipinski definition) is 2. The Morgan fingerprint density at radius 1 is 0.880 bits per heavy atom. The van der Waals surface area contributed by atoms with Crippen LogP contribution >= 0.6 is 0 Å². The molecule has 0 saturated carbocycles. The number of nitrogens with zero attached hydrogens (tertiary/aromatic N) is 2. The van der Waals surface area contributed by atoms with E-state index in [4.69, 9.17) is 0 Å². The second-order valence-electron chi connectivity index (χ2n) is 8.57. The molecular formula is C21H42In2N2. The predicted molar refractivity (Wildman–Crippen MR) is 119 cm³/mol. The van der Waals surface area contributed by atoms with Crippen molar-refractivity contribution in [3.05, 3.63) is 30.1 Å². The molecule has 0 aromatic carbocycles. The first-order valence-electron chi connectivity index (χ1n) is 10.4. The van der Waals surface area contributed by atoms with Crippen LogP contribution in [-0.4, -0.2) is 71.4 Å². The zero-order valence-electron chi connectivity index (χ0n) is 18.3. The van der Waals surface area contributed by atoms with Crippen LogP contribution in [0.25, 0.3) is 0 Å². The van der Waals surface area contributed by atoms with Crippen molar-refractivity contribution < 1.29 is 0 Å². The Morgan fingerprint density at radius 2 is 1.48 bits per heavy atom. The molecule has 0 fully saturated rings. The number of rotatable bonds is 10. The second-order valence-corrected chi connectivity index (χ2v) is 27.8. The predicted octanol–water partition coefficient (Wildman–Crippen LogP) is 6.02. The topological polar surface area (TPSA) is 16.1 Å². The molecular weight excluding hydrogens is 510 g/mol. The van der Waals surface area contributed by atoms with Gasteiger partial charge in [-0.15, -0.1) is 0 Å². The van der Waals surface area contributed by atoms with Gasteiger partial charge < -0.3 is 0 Å². The van der Waals surface area contributed by atoms with Crippen LogP contribution in [0.4, 0.5) is 0 Å². The van der Waals surface area contributed by atoms with E-state index in [1.54, 1.807) is 4.18 Å². The summed E-state index contributed by atoms with van der Waals surface area (Å²) in [7, 11) is 0. The molecule has 142 valence electrons. The Balaban J connectivity index is 0.000000472. The molecule has 0 aliphatic carbocycles. The summed E-state index contributed by atoms with van der Waals surface area (Å²) < 4.78 is 13.0. The average molecular weight is 552 g/mol. The fourth-order valence-electron chi connectivity index (χ4n) is 2.94. The Kier molecular flexibility index (Phi) is 16.4. The summed E-state index contributed by atoms with van der Waals surface area (Å²) in [5, 5.41) is 0. The molecule has 1 aromatic heterocycles. The van der Waals surface area contributed by atoms with E-state index < -0.39 is 42.9 Å². The first kappa shape index (κ1) is 25.9. The molecule has 0 aliphatic rings. The van der Waals surface area contributed by atoms with E-state index >= 15 is 0 Å². The van der Waals surface area contributed by atoms with Gasteiger partial charge in [0.05, 0.1) is 0 Å². The number of aromatic nitrogens is 1. The van der Waals surface area contributed by atoms with Gasteiger partial charge in [0.15, 0.2) is 0 Å². The van der Waals surface area contributed by atoms with Crippen molar-refractivity contribution in [3.63, 3.8) is 0 Å². The maximum atomic E-state index is 4.28. The van der Waals surface area contributed by atoms with Crippen molar-refractivity contribution in [3.8, 4) is 0 Å². The van der Waals surface area contributed by atoms with Crippen molar-refractivity contribution in [2.45, 2.75) is 86.1 Å². The molecule has 0 unspecified atom stereocenters. The zero-order chi connectivity index (χ0) is 19.2. The number of unbranched alkanes of at least 4 members (excludes halogenated alkanes) is 1. The quantitative estimate of drug-likeness (QED) is 0.331. The third kappa shape index (κ3) is 15.6. The molecule has 2 nitrogen and oxygen atoms in total. The van der Waals surface area contributed by atoms with Gasteiger partial charge in [0, 0.05) is 0 Å². The standard InChI is InChI=1S/C10H22N.C7H8N.4CH3.2In/c1-6-7-8-11(9(2)3)10(4)5;1-2-7-5-3-4-6-8-7;;;;;;/h9-10H,1,6-8H2,2-5H3;3-6H,1-2H2;4*1H3;;. The van der Waals surface area contributed by atoms with Crippen LogP contribution in [-0.2, 0) is 6.42 Å². The van der Waals surface area contributed by atoms with Gasteiger partial charge in [0.25, 0.3) is 0 Å². The molecule has 0 N–H and O–H groups in total. The van der Waals surface area contributed by atoms with Crippen LogP contribution in [0.5, 0.6) is 0 Å². The minimum absolute atomic E-state index is 0.706. The SMILES string of the molecule is CC(C)N(CCC[CH2][In]([CH3])[CH3])C(C)C.[CH3][In]([CH3])[CH2]Cc1ccccn1. The molecule has 0 atom stereocenters. The third-order valence-electron chi connectivity index (χ3n) is 4.48. The van der Waals surface area contributed by atoms with Crippen LogP contribution in [0.1, 0.15) is 46.2 Å². The number of hydrogen-bond donors (Lipinski definition) is 0. The van der Waals surface area contributed by atoms with E-state index in [9.17, 15) is 0 Å². The van der Waals surface area contributed by atoms with E-state index in [1.807, 2.05) is 12.3 Å². The molecule has 0 radical (unpaired) electrons. The molecule has 0 amide bonds. The molecule has 1 heterocycles. The summed E-state index contributed by atoms with van der Waals surface area (Å²) in [5.41, 5.74) is 1.26. The number of pyridine rings is 1. The Labute approximate surface area is 174 Å². The van der Waals surface area contributed by atoms with E-state index in [0.717, 1.165) is 0 Å². The van der Waals surface area contributed by atoms with Crippen LogP contribution in [0.15, 0.2) is 24.4 Å². The summed E-state index contributed by atoms with van der Waals surface area (Å²) in [6.45, 7) is 10.5. The van der Waals surface area contributed by atoms with Gasteiger partial charge in [-0.25, -0.2) is 0 Å². The third-order valence-corrected chi connectivity index (χ3v) is 13.1. The van der Waals surface area contributed by atoms with E-state index in [-0.39, 0.29) is 0 Å². The molecule has 1 aromatic rings. The van der Waals surface area contributed by atoms with Crippen molar-refractivity contribution in [1.29, 1.82) is 0 Å². The van der Waals surface area contributed by atoms with Gasteiger partial charge in [-0.1, -0.05) is 0 Å². The summed E-state index contributed by atoms with van der Waals surface area (Å²) >= 11 is -1.87. The zero-order valence-corrected chi connectivity index (χ0v) is 24.8. The minimum atomic E-state index is -0.972. The molecule has 0 bridgehead atoms. The summed E-state index contributed by atoms with van der Waals surface area (Å²) in [4.78, 5) is 6.89. The van der Waals surface area contributed by atoms with Crippen LogP contribution in [0, 0.1) is 0 Å². The van der Waals surface area contributed by atoms with Gasteiger partial charge in [0.2, 0.25) is 0 Å². The molecule has 1 rings (SSSR count). The molecule has 0 aliphatic heterocycles. The van der Waals surface area contributed by atoms with E-state index in [0.29, 0.717) is 12.1 Å². The number of aryl methyl sites for hydroxylation is 1. The molecule has 0 saturated heterocycles. The Hall–Kier alpha value is 0.850. The van der Waals surface area contributed by atoms with Crippen molar-refractivity contribution in [2.24, 2.45) is 0 Å². The van der Waals surface area contributed by atoms with Crippen LogP contribution in [0.3, 0.4) is 0 Å². The van der Waals surface area contributed by atoms with Crippen molar-refractivity contribution in [2.75, 3.05) is 6.54 Å². The molecule has 0 spiro atoms. The van der Waals surface area contributed by atoms with Gasteiger partial charge >= 0.3 is 176 Å². The van der Waals surface area contributed by atoms with Crippen molar-refractivity contribution >= 4 is 42.9 Å². The summed E-state index contributed by atoms with van der Waals surface area (Å²) in [6.07, 6.45) is 5.97. The summed E-state index contributed by atoms with van der Waals surface area (Å²) in [6, 6.07) is 7.57. The second kappa shape index (κ2) is 15.9. The average Bonchev–Trinajstić information content (AvgIpc) is 2.53. The Morgan fingerprint density at radius 3 is 1.92 bits per heavy atom. The van der Waals surface area contributed by atoms with Crippen LogP contribution in [0.2, 0.25) is 27.1 Å². The van der Waals surface area contributed by atoms with Gasteiger partial charge in [-0.3, -0.25) is 0 Å². The van der Waals surface area contributed by atoms with Crippen LogP contribution < -0.4 is 0 Å². The molecule has 25 heavy (non-hydrogen) atoms. The van der Waals surface area contributed by atoms with Gasteiger partial charge in [-0.05, 0) is 0 Å². The van der Waals surface area contributed by atoms with E-state index in [2.05, 4.69) is 68.4 Å². The normalized spacial score (nSPS) is 10.8. The van der Waals surface area contributed by atoms with Gasteiger partial charge in [0.1, 0.15) is 0 Å². The first-order valence-corrected chi connectivity index (χ1v) is 28.2. The van der Waals surface area contributed by atoms with Crippen molar-refractivity contribution in [1.82, 2.24) is 9.88 Å². The Bertz CT molecular complexity index is 398. The monoisotopic (exact) mass is 552 g/mol.